The first-order valence-corrected chi connectivity index (χ1v) is 7.51. The van der Waals surface area contributed by atoms with Crippen molar-refractivity contribution in [3.05, 3.63) is 52.3 Å². The van der Waals surface area contributed by atoms with E-state index in [1.807, 2.05) is 6.07 Å². The Morgan fingerprint density at radius 3 is 2.92 bits per heavy atom. The first kappa shape index (κ1) is 16.2. The van der Waals surface area contributed by atoms with Gasteiger partial charge in [-0.3, -0.25) is 14.5 Å². The Balaban J connectivity index is 2.40. The Kier molecular flexibility index (Phi) is 4.18. The van der Waals surface area contributed by atoms with Gasteiger partial charge >= 0.3 is 6.09 Å². The van der Waals surface area contributed by atoms with Crippen LogP contribution in [0.2, 0.25) is 0 Å². The van der Waals surface area contributed by atoms with Crippen molar-refractivity contribution in [2.75, 3.05) is 0 Å². The fraction of sp³-hybridized carbons (Fsp3) is 0.188. The summed E-state index contributed by atoms with van der Waals surface area (Å²) in [6, 6.07) is 6.03. The Morgan fingerprint density at radius 2 is 2.32 bits per heavy atom. The lowest BCUT2D eigenvalue weighted by Crippen LogP contribution is -2.33. The second-order valence-electron chi connectivity index (χ2n) is 5.29. The molecule has 0 aliphatic heterocycles. The molecule has 0 bridgehead atoms. The number of carboxylic acid groups (broad SMARTS) is 1. The predicted molar refractivity (Wildman–Crippen MR) is 88.4 cm³/mol. The Bertz CT molecular complexity index is 1030. The van der Waals surface area contributed by atoms with E-state index in [-0.39, 0.29) is 22.3 Å². The van der Waals surface area contributed by atoms with Crippen LogP contribution in [0.4, 0.5) is 4.79 Å². The van der Waals surface area contributed by atoms with Crippen molar-refractivity contribution in [3.63, 3.8) is 0 Å². The zero-order valence-corrected chi connectivity index (χ0v) is 13.2. The van der Waals surface area contributed by atoms with E-state index in [9.17, 15) is 14.9 Å². The van der Waals surface area contributed by atoms with E-state index in [0.717, 1.165) is 0 Å². The zero-order valence-electron chi connectivity index (χ0n) is 13.2. The van der Waals surface area contributed by atoms with Crippen molar-refractivity contribution in [1.29, 1.82) is 5.26 Å². The largest absolute Gasteiger partial charge is 0.465 e. The minimum Gasteiger partial charge on any atom is -0.465 e. The highest BCUT2D eigenvalue weighted by atomic mass is 16.4. The molecule has 1 unspecified atom stereocenters. The summed E-state index contributed by atoms with van der Waals surface area (Å²) in [4.78, 5) is 28.6. The molecule has 0 aliphatic carbocycles. The van der Waals surface area contributed by atoms with Gasteiger partial charge in [-0.05, 0) is 18.6 Å². The minimum atomic E-state index is -1.23. The monoisotopic (exact) mass is 338 g/mol. The summed E-state index contributed by atoms with van der Waals surface area (Å²) >= 11 is 0. The topological polar surface area (TPSA) is 137 Å². The van der Waals surface area contributed by atoms with E-state index in [4.69, 9.17) is 5.11 Å². The molecule has 0 aliphatic rings. The van der Waals surface area contributed by atoms with E-state index < -0.39 is 17.7 Å². The Labute approximate surface area is 141 Å². The second-order valence-corrected chi connectivity index (χ2v) is 5.29. The molecule has 1 atom stereocenters. The van der Waals surface area contributed by atoms with Gasteiger partial charge in [0.15, 0.2) is 0 Å². The third-order valence-corrected chi connectivity index (χ3v) is 3.81. The van der Waals surface area contributed by atoms with E-state index in [1.54, 1.807) is 25.1 Å². The molecule has 9 nitrogen and oxygen atoms in total. The third-order valence-electron chi connectivity index (χ3n) is 3.81. The second kappa shape index (κ2) is 6.45. The molecular formula is C16H14N6O3. The molecule has 2 heterocycles. The summed E-state index contributed by atoms with van der Waals surface area (Å²) in [7, 11) is 0. The van der Waals surface area contributed by atoms with Crippen LogP contribution in [-0.4, -0.2) is 30.9 Å². The predicted octanol–water partition coefficient (Wildman–Crippen LogP) is 1.70. The van der Waals surface area contributed by atoms with E-state index in [0.29, 0.717) is 12.1 Å². The fourth-order valence-electron chi connectivity index (χ4n) is 2.66. The minimum absolute atomic E-state index is 0.200. The summed E-state index contributed by atoms with van der Waals surface area (Å²) < 4.78 is 1.30. The Hall–Kier alpha value is -3.67. The van der Waals surface area contributed by atoms with Crippen molar-refractivity contribution in [1.82, 2.24) is 25.1 Å². The summed E-state index contributed by atoms with van der Waals surface area (Å²) in [5, 5.41) is 27.5. The molecule has 3 aromatic rings. The number of H-pyrrole nitrogens is 1. The van der Waals surface area contributed by atoms with Gasteiger partial charge < -0.3 is 10.4 Å². The number of nitrogens with one attached hydrogen (secondary N) is 2. The van der Waals surface area contributed by atoms with Crippen LogP contribution in [0.3, 0.4) is 0 Å². The lowest BCUT2D eigenvalue weighted by molar-refractivity contribution is 0.188. The van der Waals surface area contributed by atoms with Gasteiger partial charge in [-0.25, -0.2) is 9.78 Å². The molecule has 2 aromatic heterocycles. The molecule has 3 rings (SSSR count). The molecular weight excluding hydrogens is 324 g/mol. The smallest absolute Gasteiger partial charge is 0.405 e. The molecule has 3 N–H and O–H groups in total. The van der Waals surface area contributed by atoms with Crippen molar-refractivity contribution in [2.45, 2.75) is 19.4 Å². The number of nitrogens with zero attached hydrogens (tertiary/aromatic N) is 4. The number of carbonyl (C=O) groups is 1. The van der Waals surface area contributed by atoms with Crippen LogP contribution < -0.4 is 10.9 Å². The van der Waals surface area contributed by atoms with Crippen LogP contribution in [-0.2, 0) is 0 Å². The molecule has 0 saturated carbocycles. The van der Waals surface area contributed by atoms with Crippen molar-refractivity contribution in [2.24, 2.45) is 0 Å². The van der Waals surface area contributed by atoms with Crippen LogP contribution in [0.5, 0.6) is 0 Å². The summed E-state index contributed by atoms with van der Waals surface area (Å²) in [5.74, 6) is 0.200. The first-order valence-electron chi connectivity index (χ1n) is 7.51. The first-order chi connectivity index (χ1) is 12.1. The van der Waals surface area contributed by atoms with Crippen molar-refractivity contribution >= 4 is 17.0 Å². The number of para-hydroxylation sites is 1. The fourth-order valence-corrected chi connectivity index (χ4v) is 2.66. The van der Waals surface area contributed by atoms with Crippen molar-refractivity contribution < 1.29 is 9.90 Å². The number of amides is 1. The number of nitriles is 1. The van der Waals surface area contributed by atoms with Crippen LogP contribution in [0.25, 0.3) is 16.6 Å². The van der Waals surface area contributed by atoms with Gasteiger partial charge in [0.05, 0.1) is 34.4 Å². The molecule has 25 heavy (non-hydrogen) atoms. The summed E-state index contributed by atoms with van der Waals surface area (Å²) in [5.41, 5.74) is 0.530. The maximum absolute atomic E-state index is 13.0. The third kappa shape index (κ3) is 2.81. The van der Waals surface area contributed by atoms with E-state index in [2.05, 4.69) is 20.5 Å². The van der Waals surface area contributed by atoms with Crippen LogP contribution in [0.1, 0.15) is 30.8 Å². The zero-order chi connectivity index (χ0) is 18.0. The highest BCUT2D eigenvalue weighted by molar-refractivity contribution is 5.83. The molecule has 0 fully saturated rings. The quantitative estimate of drug-likeness (QED) is 0.662. The molecule has 9 heteroatoms. The maximum Gasteiger partial charge on any atom is 0.405 e. The van der Waals surface area contributed by atoms with E-state index in [1.165, 1.54) is 17.0 Å². The van der Waals surface area contributed by atoms with E-state index >= 15 is 0 Å². The molecule has 126 valence electrons. The molecule has 0 saturated heterocycles. The summed E-state index contributed by atoms with van der Waals surface area (Å²) in [6.07, 6.45) is 2.10. The lowest BCUT2D eigenvalue weighted by atomic mass is 10.1. The number of aromatic nitrogens is 4. The molecule has 0 spiro atoms. The van der Waals surface area contributed by atoms with Crippen LogP contribution in [0.15, 0.2) is 35.4 Å². The van der Waals surface area contributed by atoms with Gasteiger partial charge in [-0.1, -0.05) is 13.0 Å². The van der Waals surface area contributed by atoms with Crippen LogP contribution in [0, 0.1) is 11.3 Å². The molecule has 0 radical (unpaired) electrons. The van der Waals surface area contributed by atoms with Gasteiger partial charge in [-0.2, -0.15) is 10.4 Å². The highest BCUT2D eigenvalue weighted by Gasteiger charge is 2.22. The van der Waals surface area contributed by atoms with Gasteiger partial charge in [0.2, 0.25) is 0 Å². The molecule has 1 aromatic carbocycles. The normalized spacial score (nSPS) is 11.8. The van der Waals surface area contributed by atoms with Crippen molar-refractivity contribution in [3.8, 4) is 11.8 Å². The SMILES string of the molecule is CCC(NC(=O)O)c1nc2c(C#N)cccc2c(=O)n1-c1cn[nH]c1. The van der Waals surface area contributed by atoms with Gasteiger partial charge in [-0.15, -0.1) is 0 Å². The Morgan fingerprint density at radius 1 is 1.52 bits per heavy atom. The number of aromatic amines is 1. The van der Waals surface area contributed by atoms with Gasteiger partial charge in [0.1, 0.15) is 11.9 Å². The number of benzene rings is 1. The average Bonchev–Trinajstić information content (AvgIpc) is 3.13. The maximum atomic E-state index is 13.0. The van der Waals surface area contributed by atoms with Crippen LogP contribution >= 0.6 is 0 Å². The molecule has 1 amide bonds. The number of hydrogen-bond acceptors (Lipinski definition) is 5. The number of hydrogen-bond donors (Lipinski definition) is 3. The highest BCUT2D eigenvalue weighted by Crippen LogP contribution is 2.21. The van der Waals surface area contributed by atoms with Gasteiger partial charge in [0.25, 0.3) is 5.56 Å². The average molecular weight is 338 g/mol. The van der Waals surface area contributed by atoms with Gasteiger partial charge in [0, 0.05) is 6.20 Å². The number of rotatable bonds is 4. The number of fused-ring (bicyclic) bond motifs is 1. The summed E-state index contributed by atoms with van der Waals surface area (Å²) in [6.45, 7) is 1.77. The standard InChI is InChI=1S/C16H14N6O3/c1-2-12(20-16(24)25)14-21-13-9(6-17)4-3-5-11(13)15(23)22(14)10-7-18-19-8-10/h3-5,7-8,12,20H,2H2,1H3,(H,18,19)(H,24,25). The lowest BCUT2D eigenvalue weighted by Gasteiger charge is -2.19.